The maximum absolute atomic E-state index is 12.7. The van der Waals surface area contributed by atoms with Crippen LogP contribution in [-0.2, 0) is 16.2 Å². The predicted octanol–water partition coefficient (Wildman–Crippen LogP) is 2.77. The zero-order valence-corrected chi connectivity index (χ0v) is 17.2. The number of carbonyl (C=O) groups excluding carboxylic acids is 1. The molecule has 0 radical (unpaired) electrons. The first kappa shape index (κ1) is 22.7. The SMILES string of the molecule is O=C(NCC#Cc1ccccc1)N1CCN(S(=O)(=O)c2ccc(C(F)(F)F)cc2)CC1. The van der Waals surface area contributed by atoms with E-state index in [9.17, 15) is 26.4 Å². The molecule has 2 aromatic carbocycles. The third kappa shape index (κ3) is 5.77. The van der Waals surface area contributed by atoms with Crippen LogP contribution in [0.3, 0.4) is 0 Å². The van der Waals surface area contributed by atoms with Crippen LogP contribution in [0.15, 0.2) is 59.5 Å². The van der Waals surface area contributed by atoms with Gasteiger partial charge in [0, 0.05) is 31.7 Å². The number of nitrogens with one attached hydrogen (secondary N) is 1. The van der Waals surface area contributed by atoms with Crippen LogP contribution >= 0.6 is 0 Å². The zero-order chi connectivity index (χ0) is 22.5. The van der Waals surface area contributed by atoms with E-state index in [4.69, 9.17) is 0 Å². The Kier molecular flexibility index (Phi) is 6.87. The predicted molar refractivity (Wildman–Crippen MR) is 108 cm³/mol. The van der Waals surface area contributed by atoms with Gasteiger partial charge in [0.2, 0.25) is 10.0 Å². The quantitative estimate of drug-likeness (QED) is 0.730. The summed E-state index contributed by atoms with van der Waals surface area (Å²) in [5, 5.41) is 2.67. The molecule has 0 aliphatic carbocycles. The van der Waals surface area contributed by atoms with Crippen molar-refractivity contribution >= 4 is 16.1 Å². The van der Waals surface area contributed by atoms with Gasteiger partial charge in [-0.3, -0.25) is 0 Å². The Morgan fingerprint density at radius 1 is 0.968 bits per heavy atom. The summed E-state index contributed by atoms with van der Waals surface area (Å²) in [4.78, 5) is 13.5. The molecule has 0 unspecified atom stereocenters. The smallest absolute Gasteiger partial charge is 0.327 e. The van der Waals surface area contributed by atoms with Gasteiger partial charge < -0.3 is 10.2 Å². The zero-order valence-electron chi connectivity index (χ0n) is 16.4. The highest BCUT2D eigenvalue weighted by atomic mass is 32.2. The second kappa shape index (κ2) is 9.41. The van der Waals surface area contributed by atoms with Gasteiger partial charge in [0.25, 0.3) is 0 Å². The summed E-state index contributed by atoms with van der Waals surface area (Å²) >= 11 is 0. The normalized spacial score (nSPS) is 15.1. The van der Waals surface area contributed by atoms with Gasteiger partial charge in [0.05, 0.1) is 17.0 Å². The number of benzene rings is 2. The fourth-order valence-electron chi connectivity index (χ4n) is 3.00. The lowest BCUT2D eigenvalue weighted by molar-refractivity contribution is -0.137. The third-order valence-corrected chi connectivity index (χ3v) is 6.59. The van der Waals surface area contributed by atoms with Gasteiger partial charge in [-0.1, -0.05) is 30.0 Å². The maximum Gasteiger partial charge on any atom is 0.416 e. The first-order valence-electron chi connectivity index (χ1n) is 9.42. The van der Waals surface area contributed by atoms with Gasteiger partial charge >= 0.3 is 12.2 Å². The second-order valence-corrected chi connectivity index (χ2v) is 8.68. The molecule has 0 atom stereocenters. The Bertz CT molecular complexity index is 1070. The van der Waals surface area contributed by atoms with Crippen molar-refractivity contribution in [2.45, 2.75) is 11.1 Å². The minimum Gasteiger partial charge on any atom is -0.327 e. The molecule has 6 nitrogen and oxygen atoms in total. The number of hydrogen-bond acceptors (Lipinski definition) is 3. The van der Waals surface area contributed by atoms with Crippen LogP contribution in [0.2, 0.25) is 0 Å². The topological polar surface area (TPSA) is 69.7 Å². The number of halogens is 3. The number of urea groups is 1. The van der Waals surface area contributed by atoms with Gasteiger partial charge in [-0.2, -0.15) is 17.5 Å². The molecule has 1 saturated heterocycles. The molecule has 2 aromatic rings. The lowest BCUT2D eigenvalue weighted by Crippen LogP contribution is -2.53. The van der Waals surface area contributed by atoms with Gasteiger partial charge in [-0.25, -0.2) is 13.2 Å². The van der Waals surface area contributed by atoms with Gasteiger partial charge in [0.15, 0.2) is 0 Å². The Morgan fingerprint density at radius 2 is 1.58 bits per heavy atom. The van der Waals surface area contributed by atoms with Crippen molar-refractivity contribution in [2.75, 3.05) is 32.7 Å². The monoisotopic (exact) mass is 451 g/mol. The van der Waals surface area contributed by atoms with Crippen molar-refractivity contribution in [3.8, 4) is 11.8 Å². The highest BCUT2D eigenvalue weighted by Crippen LogP contribution is 2.30. The van der Waals surface area contributed by atoms with Crippen molar-refractivity contribution < 1.29 is 26.4 Å². The van der Waals surface area contributed by atoms with Crippen molar-refractivity contribution in [2.24, 2.45) is 0 Å². The van der Waals surface area contributed by atoms with E-state index >= 15 is 0 Å². The number of amides is 2. The molecule has 164 valence electrons. The number of sulfonamides is 1. The van der Waals surface area contributed by atoms with Crippen LogP contribution < -0.4 is 5.32 Å². The van der Waals surface area contributed by atoms with Crippen molar-refractivity contribution in [3.05, 3.63) is 65.7 Å². The molecular weight excluding hydrogens is 431 g/mol. The fraction of sp³-hybridized carbons (Fsp3) is 0.286. The lowest BCUT2D eigenvalue weighted by Gasteiger charge is -2.33. The standard InChI is InChI=1S/C21H20F3N3O3S/c22-21(23,24)18-8-10-19(11-9-18)31(29,30)27-15-13-26(14-16-27)20(28)25-12-4-7-17-5-2-1-3-6-17/h1-3,5-6,8-11H,12-16H2,(H,25,28). The van der Waals surface area contributed by atoms with E-state index < -0.39 is 21.8 Å². The van der Waals surface area contributed by atoms with Crippen molar-refractivity contribution in [1.29, 1.82) is 0 Å². The van der Waals surface area contributed by atoms with Gasteiger partial charge in [-0.05, 0) is 36.4 Å². The first-order valence-corrected chi connectivity index (χ1v) is 10.9. The molecule has 1 heterocycles. The molecule has 0 aromatic heterocycles. The molecule has 0 bridgehead atoms. The van der Waals surface area contributed by atoms with Crippen LogP contribution in [0.5, 0.6) is 0 Å². The molecule has 31 heavy (non-hydrogen) atoms. The number of nitrogens with zero attached hydrogens (tertiary/aromatic N) is 2. The summed E-state index contributed by atoms with van der Waals surface area (Å²) in [5.74, 6) is 5.77. The van der Waals surface area contributed by atoms with Gasteiger partial charge in [0.1, 0.15) is 0 Å². The Labute approximate surface area is 178 Å². The lowest BCUT2D eigenvalue weighted by atomic mass is 10.2. The minimum absolute atomic E-state index is 0.0481. The Hall–Kier alpha value is -3.03. The summed E-state index contributed by atoms with van der Waals surface area (Å²) in [5.41, 5.74) is -0.0814. The van der Waals surface area contributed by atoms with E-state index in [1.807, 2.05) is 30.3 Å². The largest absolute Gasteiger partial charge is 0.416 e. The number of piperazine rings is 1. The molecule has 1 fully saturated rings. The van der Waals surface area contributed by atoms with E-state index in [0.29, 0.717) is 0 Å². The summed E-state index contributed by atoms with van der Waals surface area (Å²) in [6.07, 6.45) is -4.53. The van der Waals surface area contributed by atoms with E-state index in [2.05, 4.69) is 17.2 Å². The maximum atomic E-state index is 12.7. The molecule has 2 amide bonds. The number of rotatable bonds is 3. The fourth-order valence-corrected chi connectivity index (χ4v) is 4.42. The van der Waals surface area contributed by atoms with Crippen LogP contribution in [0.4, 0.5) is 18.0 Å². The molecule has 1 aliphatic rings. The Balaban J connectivity index is 1.52. The average molecular weight is 451 g/mol. The minimum atomic E-state index is -4.53. The Morgan fingerprint density at radius 3 is 2.16 bits per heavy atom. The third-order valence-electron chi connectivity index (χ3n) is 4.68. The number of carbonyl (C=O) groups is 1. The van der Waals surface area contributed by atoms with Gasteiger partial charge in [-0.15, -0.1) is 0 Å². The van der Waals surface area contributed by atoms with Crippen LogP contribution in [0.25, 0.3) is 0 Å². The van der Waals surface area contributed by atoms with Crippen LogP contribution in [0, 0.1) is 11.8 Å². The highest BCUT2D eigenvalue weighted by Gasteiger charge is 2.33. The summed E-state index contributed by atoms with van der Waals surface area (Å²) in [7, 11) is -3.94. The summed E-state index contributed by atoms with van der Waals surface area (Å²) in [6.45, 7) is 0.576. The number of hydrogen-bond donors (Lipinski definition) is 1. The molecule has 1 N–H and O–H groups in total. The van der Waals surface area contributed by atoms with E-state index in [1.54, 1.807) is 0 Å². The molecule has 0 saturated carbocycles. The van der Waals surface area contributed by atoms with Crippen molar-refractivity contribution in [1.82, 2.24) is 14.5 Å². The average Bonchev–Trinajstić information content (AvgIpc) is 2.77. The molecule has 0 spiro atoms. The summed E-state index contributed by atoms with van der Waals surface area (Å²) < 4.78 is 64.5. The second-order valence-electron chi connectivity index (χ2n) is 6.74. The summed E-state index contributed by atoms with van der Waals surface area (Å²) in [6, 6.07) is 12.3. The highest BCUT2D eigenvalue weighted by molar-refractivity contribution is 7.89. The van der Waals surface area contributed by atoms with Crippen molar-refractivity contribution in [3.63, 3.8) is 0 Å². The number of alkyl halides is 3. The molecule has 1 aliphatic heterocycles. The molecule has 3 rings (SSSR count). The van der Waals surface area contributed by atoms with Crippen LogP contribution in [-0.4, -0.2) is 56.4 Å². The van der Waals surface area contributed by atoms with E-state index in [1.165, 1.54) is 4.90 Å². The molecule has 10 heteroatoms. The van der Waals surface area contributed by atoms with E-state index in [0.717, 1.165) is 34.1 Å². The molecular formula is C21H20F3N3O3S. The first-order chi connectivity index (χ1) is 14.7. The van der Waals surface area contributed by atoms with E-state index in [-0.39, 0.29) is 43.7 Å². The van der Waals surface area contributed by atoms with Crippen LogP contribution in [0.1, 0.15) is 11.1 Å².